The molecule has 3 heterocycles. The van der Waals surface area contributed by atoms with Crippen LogP contribution in [-0.4, -0.2) is 41.4 Å². The van der Waals surface area contributed by atoms with Crippen LogP contribution in [0.3, 0.4) is 0 Å². The molecular formula is C19H18F2N2O5S. The molecule has 2 N–H and O–H groups in total. The highest BCUT2D eigenvalue weighted by atomic mass is 32.1. The first-order valence-electron chi connectivity index (χ1n) is 8.80. The lowest BCUT2D eigenvalue weighted by Gasteiger charge is -2.40. The van der Waals surface area contributed by atoms with Crippen LogP contribution < -0.4 is 10.1 Å². The van der Waals surface area contributed by atoms with Crippen LogP contribution in [0.15, 0.2) is 28.1 Å². The number of benzene rings is 1. The molecule has 1 aliphatic rings. The number of ether oxygens (including phenoxy) is 2. The minimum atomic E-state index is -2.98. The van der Waals surface area contributed by atoms with Crippen molar-refractivity contribution in [2.75, 3.05) is 19.8 Å². The third kappa shape index (κ3) is 3.70. The number of thiazole rings is 1. The fourth-order valence-electron chi connectivity index (χ4n) is 3.04. The first-order chi connectivity index (χ1) is 13.9. The number of hydrogen-bond acceptors (Lipinski definition) is 7. The van der Waals surface area contributed by atoms with Crippen molar-refractivity contribution in [2.45, 2.75) is 25.5 Å². The molecule has 10 heteroatoms. The van der Waals surface area contributed by atoms with Gasteiger partial charge in [0.15, 0.2) is 5.76 Å². The molecule has 1 saturated heterocycles. The monoisotopic (exact) mass is 424 g/mol. The van der Waals surface area contributed by atoms with Crippen LogP contribution in [0.2, 0.25) is 0 Å². The molecule has 154 valence electrons. The summed E-state index contributed by atoms with van der Waals surface area (Å²) in [6.45, 7) is 2.00. The Bertz CT molecular complexity index is 1040. The second kappa shape index (κ2) is 7.69. The number of rotatable bonds is 7. The summed E-state index contributed by atoms with van der Waals surface area (Å²) in [5.74, 6) is -1.07. The Balaban J connectivity index is 1.66. The van der Waals surface area contributed by atoms with Crippen molar-refractivity contribution < 1.29 is 32.6 Å². The third-order valence-electron chi connectivity index (χ3n) is 4.76. The lowest BCUT2D eigenvalue weighted by Crippen LogP contribution is -2.64. The largest absolute Gasteiger partial charge is 0.488 e. The van der Waals surface area contributed by atoms with Gasteiger partial charge in [-0.3, -0.25) is 4.79 Å². The van der Waals surface area contributed by atoms with E-state index in [-0.39, 0.29) is 43.0 Å². The maximum atomic E-state index is 13.5. The lowest BCUT2D eigenvalue weighted by atomic mass is 9.97. The molecule has 1 aromatic carbocycles. The first kappa shape index (κ1) is 19.7. The first-order valence-corrected chi connectivity index (χ1v) is 9.68. The second-order valence-corrected chi connectivity index (χ2v) is 7.77. The maximum Gasteiger partial charge on any atom is 0.296 e. The average molecular weight is 424 g/mol. The van der Waals surface area contributed by atoms with E-state index < -0.39 is 23.6 Å². The average Bonchev–Trinajstić information content (AvgIpc) is 3.25. The van der Waals surface area contributed by atoms with Gasteiger partial charge in [0.2, 0.25) is 0 Å². The van der Waals surface area contributed by atoms with E-state index in [1.807, 2.05) is 6.92 Å². The van der Waals surface area contributed by atoms with Crippen LogP contribution >= 0.6 is 11.3 Å². The standard InChI is InChI=1S/C19H18F2N2O5S/c1-10-14(29-9-22-10)5-27-11-2-3-13-12(4-11)15(16(28-13)17(20)21)18(25)23-19(6-24)7-26-8-19/h2-4,9,17,24H,5-8H2,1H3,(H,23,25). The van der Waals surface area contributed by atoms with Crippen LogP contribution in [0, 0.1) is 6.92 Å². The summed E-state index contributed by atoms with van der Waals surface area (Å²) in [5.41, 5.74) is 1.48. The van der Waals surface area contributed by atoms with Gasteiger partial charge in [-0.2, -0.15) is 0 Å². The third-order valence-corrected chi connectivity index (χ3v) is 5.67. The number of aliphatic hydroxyl groups is 1. The highest BCUT2D eigenvalue weighted by Crippen LogP contribution is 2.35. The normalized spacial score (nSPS) is 15.5. The van der Waals surface area contributed by atoms with E-state index in [0.717, 1.165) is 10.6 Å². The Hall–Kier alpha value is -2.56. The summed E-state index contributed by atoms with van der Waals surface area (Å²) in [6, 6.07) is 4.58. The van der Waals surface area contributed by atoms with Crippen molar-refractivity contribution in [3.8, 4) is 5.75 Å². The zero-order valence-electron chi connectivity index (χ0n) is 15.4. The number of hydrogen-bond donors (Lipinski definition) is 2. The Kier molecular flexibility index (Phi) is 5.24. The lowest BCUT2D eigenvalue weighted by molar-refractivity contribution is -0.0919. The van der Waals surface area contributed by atoms with E-state index in [1.54, 1.807) is 11.6 Å². The van der Waals surface area contributed by atoms with Gasteiger partial charge in [-0.1, -0.05) is 0 Å². The highest BCUT2D eigenvalue weighted by Gasteiger charge is 2.41. The zero-order valence-corrected chi connectivity index (χ0v) is 16.2. The number of fused-ring (bicyclic) bond motifs is 1. The summed E-state index contributed by atoms with van der Waals surface area (Å²) in [4.78, 5) is 17.9. The molecule has 0 unspecified atom stereocenters. The molecule has 1 fully saturated rings. The molecule has 7 nitrogen and oxygen atoms in total. The van der Waals surface area contributed by atoms with Gasteiger partial charge in [0.25, 0.3) is 12.3 Å². The van der Waals surface area contributed by atoms with Crippen LogP contribution in [0.4, 0.5) is 8.78 Å². The number of carbonyl (C=O) groups excluding carboxylic acids is 1. The van der Waals surface area contributed by atoms with Gasteiger partial charge in [-0.05, 0) is 25.1 Å². The Labute approximate surface area is 168 Å². The molecule has 29 heavy (non-hydrogen) atoms. The highest BCUT2D eigenvalue weighted by molar-refractivity contribution is 7.09. The van der Waals surface area contributed by atoms with E-state index in [9.17, 15) is 18.7 Å². The summed E-state index contributed by atoms with van der Waals surface area (Å²) in [5, 5.41) is 12.3. The van der Waals surface area contributed by atoms with E-state index in [1.165, 1.54) is 23.5 Å². The molecule has 1 amide bonds. The molecule has 0 spiro atoms. The SMILES string of the molecule is Cc1ncsc1COc1ccc2oc(C(F)F)c(C(=O)NC3(CO)COC3)c2c1. The Morgan fingerprint density at radius 2 is 2.24 bits per heavy atom. The number of carbonyl (C=O) groups is 1. The smallest absolute Gasteiger partial charge is 0.296 e. The van der Waals surface area contributed by atoms with E-state index in [2.05, 4.69) is 10.3 Å². The second-order valence-electron chi connectivity index (χ2n) is 6.83. The molecule has 1 aliphatic heterocycles. The minimum Gasteiger partial charge on any atom is -0.488 e. The fraction of sp³-hybridized carbons (Fsp3) is 0.368. The fourth-order valence-corrected chi connectivity index (χ4v) is 3.73. The van der Waals surface area contributed by atoms with E-state index in [4.69, 9.17) is 13.9 Å². The summed E-state index contributed by atoms with van der Waals surface area (Å²) in [7, 11) is 0. The topological polar surface area (TPSA) is 93.8 Å². The van der Waals surface area contributed by atoms with Gasteiger partial charge in [0.05, 0.1) is 41.5 Å². The maximum absolute atomic E-state index is 13.5. The van der Waals surface area contributed by atoms with Gasteiger partial charge in [-0.25, -0.2) is 13.8 Å². The number of nitrogens with one attached hydrogen (secondary N) is 1. The molecule has 0 aliphatic carbocycles. The van der Waals surface area contributed by atoms with Crippen LogP contribution in [0.1, 0.15) is 33.1 Å². The zero-order chi connectivity index (χ0) is 20.6. The molecule has 0 atom stereocenters. The van der Waals surface area contributed by atoms with E-state index >= 15 is 0 Å². The number of halogens is 2. The number of amides is 1. The molecular weight excluding hydrogens is 406 g/mol. The molecule has 2 aromatic heterocycles. The van der Waals surface area contributed by atoms with Crippen LogP contribution in [0.25, 0.3) is 11.0 Å². The summed E-state index contributed by atoms with van der Waals surface area (Å²) in [6.07, 6.45) is -2.98. The van der Waals surface area contributed by atoms with Crippen LogP contribution in [0.5, 0.6) is 5.75 Å². The number of nitrogens with zero attached hydrogens (tertiary/aromatic N) is 1. The van der Waals surface area contributed by atoms with Gasteiger partial charge in [0.1, 0.15) is 23.5 Å². The van der Waals surface area contributed by atoms with Gasteiger partial charge in [-0.15, -0.1) is 11.3 Å². The molecule has 4 rings (SSSR count). The van der Waals surface area contributed by atoms with Gasteiger partial charge in [0, 0.05) is 5.39 Å². The number of alkyl halides is 2. The number of aliphatic hydroxyl groups excluding tert-OH is 1. The summed E-state index contributed by atoms with van der Waals surface area (Å²) >= 11 is 1.45. The summed E-state index contributed by atoms with van der Waals surface area (Å²) < 4.78 is 43.1. The van der Waals surface area contributed by atoms with Crippen molar-refractivity contribution in [1.82, 2.24) is 10.3 Å². The van der Waals surface area contributed by atoms with Crippen LogP contribution in [-0.2, 0) is 11.3 Å². The van der Waals surface area contributed by atoms with Crippen molar-refractivity contribution in [2.24, 2.45) is 0 Å². The van der Waals surface area contributed by atoms with Crippen molar-refractivity contribution in [3.05, 3.63) is 45.6 Å². The number of aromatic nitrogens is 1. The number of aryl methyl sites for hydroxylation is 1. The van der Waals surface area contributed by atoms with Crippen molar-refractivity contribution >= 4 is 28.2 Å². The molecule has 3 aromatic rings. The Morgan fingerprint density at radius 3 is 2.83 bits per heavy atom. The number of furan rings is 1. The molecule has 0 radical (unpaired) electrons. The van der Waals surface area contributed by atoms with Crippen molar-refractivity contribution in [3.63, 3.8) is 0 Å². The minimum absolute atomic E-state index is 0.109. The predicted octanol–water partition coefficient (Wildman–Crippen LogP) is 3.21. The van der Waals surface area contributed by atoms with Crippen molar-refractivity contribution in [1.29, 1.82) is 0 Å². The molecule has 0 bridgehead atoms. The molecule has 0 saturated carbocycles. The van der Waals surface area contributed by atoms with E-state index in [0.29, 0.717) is 5.75 Å². The Morgan fingerprint density at radius 1 is 1.45 bits per heavy atom. The van der Waals surface area contributed by atoms with Gasteiger partial charge < -0.3 is 24.3 Å². The quantitative estimate of drug-likeness (QED) is 0.605. The predicted molar refractivity (Wildman–Crippen MR) is 100 cm³/mol. The van der Waals surface area contributed by atoms with Gasteiger partial charge >= 0.3 is 0 Å².